The van der Waals surface area contributed by atoms with Crippen LogP contribution in [0.2, 0.25) is 0 Å². The molecule has 24 heavy (non-hydrogen) atoms. The average Bonchev–Trinajstić information content (AvgIpc) is 2.65. The second kappa shape index (κ2) is 8.77. The highest BCUT2D eigenvalue weighted by Crippen LogP contribution is 2.40. The Kier molecular flexibility index (Phi) is 6.72. The average molecular weight is 326 g/mol. The molecule has 2 aromatic rings. The summed E-state index contributed by atoms with van der Waals surface area (Å²) in [5.74, 6) is 3.51. The lowest BCUT2D eigenvalue weighted by molar-refractivity contribution is 0.345. The van der Waals surface area contributed by atoms with Crippen LogP contribution >= 0.6 is 0 Å². The molecular weight excluding hydrogens is 296 g/mol. The molecule has 0 bridgehead atoms. The van der Waals surface area contributed by atoms with Crippen LogP contribution in [0, 0.1) is 5.92 Å². The van der Waals surface area contributed by atoms with Crippen molar-refractivity contribution in [2.24, 2.45) is 5.92 Å². The van der Waals surface area contributed by atoms with E-state index in [2.05, 4.69) is 69.3 Å². The smallest absolute Gasteiger partial charge is 0.118 e. The molecule has 2 aromatic carbocycles. The number of benzene rings is 2. The Balaban J connectivity index is 2.24. The third-order valence-electron chi connectivity index (χ3n) is 5.26. The molecule has 0 aliphatic rings. The van der Waals surface area contributed by atoms with Gasteiger partial charge >= 0.3 is 0 Å². The fourth-order valence-corrected chi connectivity index (χ4v) is 3.78. The van der Waals surface area contributed by atoms with Crippen LogP contribution in [0.1, 0.15) is 56.6 Å². The SMILES string of the molecule is CC[C@@H]([C@@H](C)c1ccc(OC)cc1)[C@@H](CC)c1ccc(OC)cc1. The highest BCUT2D eigenvalue weighted by Gasteiger charge is 2.26. The van der Waals surface area contributed by atoms with E-state index < -0.39 is 0 Å². The molecule has 0 aromatic heterocycles. The van der Waals surface area contributed by atoms with E-state index in [9.17, 15) is 0 Å². The van der Waals surface area contributed by atoms with Gasteiger partial charge in [0.2, 0.25) is 0 Å². The van der Waals surface area contributed by atoms with E-state index in [4.69, 9.17) is 9.47 Å². The van der Waals surface area contributed by atoms with Crippen molar-refractivity contribution in [3.05, 3.63) is 59.7 Å². The molecule has 0 amide bonds. The third-order valence-corrected chi connectivity index (χ3v) is 5.26. The summed E-state index contributed by atoms with van der Waals surface area (Å²) in [6.07, 6.45) is 2.31. The van der Waals surface area contributed by atoms with Gasteiger partial charge in [0, 0.05) is 0 Å². The summed E-state index contributed by atoms with van der Waals surface area (Å²) >= 11 is 0. The van der Waals surface area contributed by atoms with Crippen molar-refractivity contribution < 1.29 is 9.47 Å². The molecule has 0 radical (unpaired) electrons. The normalized spacial score (nSPS) is 14.7. The Morgan fingerprint density at radius 2 is 1.17 bits per heavy atom. The highest BCUT2D eigenvalue weighted by molar-refractivity contribution is 5.32. The van der Waals surface area contributed by atoms with Gasteiger partial charge in [-0.3, -0.25) is 0 Å². The number of methoxy groups -OCH3 is 2. The second-order valence-corrected chi connectivity index (χ2v) is 6.42. The zero-order valence-corrected chi connectivity index (χ0v) is 15.6. The van der Waals surface area contributed by atoms with E-state index in [1.807, 2.05) is 0 Å². The molecule has 0 saturated heterocycles. The van der Waals surface area contributed by atoms with Crippen LogP contribution in [0.3, 0.4) is 0 Å². The standard InChI is InChI=1S/C22H30O2/c1-6-21(16(3)17-8-12-19(23-4)13-9-17)22(7-2)18-10-14-20(24-5)15-11-18/h8-16,21-22H,6-7H2,1-5H3/t16-,21-,22-/m0/s1. The first-order chi connectivity index (χ1) is 11.6. The highest BCUT2D eigenvalue weighted by atomic mass is 16.5. The quantitative estimate of drug-likeness (QED) is 0.590. The molecular formula is C22H30O2. The van der Waals surface area contributed by atoms with Gasteiger partial charge in [0.1, 0.15) is 11.5 Å². The third kappa shape index (κ3) is 4.11. The van der Waals surface area contributed by atoms with E-state index in [0.717, 1.165) is 24.3 Å². The summed E-state index contributed by atoms with van der Waals surface area (Å²) in [4.78, 5) is 0. The lowest BCUT2D eigenvalue weighted by Crippen LogP contribution is -2.18. The minimum absolute atomic E-state index is 0.507. The number of hydrogen-bond acceptors (Lipinski definition) is 2. The van der Waals surface area contributed by atoms with Gasteiger partial charge in [-0.15, -0.1) is 0 Å². The van der Waals surface area contributed by atoms with Gasteiger partial charge in [0.15, 0.2) is 0 Å². The maximum Gasteiger partial charge on any atom is 0.118 e. The van der Waals surface area contributed by atoms with Gasteiger partial charge in [0.25, 0.3) is 0 Å². The molecule has 0 aliphatic carbocycles. The van der Waals surface area contributed by atoms with Gasteiger partial charge in [0.05, 0.1) is 14.2 Å². The van der Waals surface area contributed by atoms with Crippen molar-refractivity contribution in [2.75, 3.05) is 14.2 Å². The monoisotopic (exact) mass is 326 g/mol. The van der Waals surface area contributed by atoms with Crippen molar-refractivity contribution in [1.29, 1.82) is 0 Å². The van der Waals surface area contributed by atoms with E-state index in [-0.39, 0.29) is 0 Å². The minimum atomic E-state index is 0.507. The first kappa shape index (κ1) is 18.4. The van der Waals surface area contributed by atoms with Gasteiger partial charge < -0.3 is 9.47 Å². The van der Waals surface area contributed by atoms with Crippen LogP contribution in [0.15, 0.2) is 48.5 Å². The van der Waals surface area contributed by atoms with Crippen LogP contribution in [-0.2, 0) is 0 Å². The lowest BCUT2D eigenvalue weighted by Gasteiger charge is -2.31. The van der Waals surface area contributed by atoms with E-state index in [1.165, 1.54) is 11.1 Å². The van der Waals surface area contributed by atoms with E-state index in [0.29, 0.717) is 17.8 Å². The minimum Gasteiger partial charge on any atom is -0.497 e. The molecule has 0 N–H and O–H groups in total. The van der Waals surface area contributed by atoms with Crippen molar-refractivity contribution in [2.45, 2.75) is 45.4 Å². The van der Waals surface area contributed by atoms with Gasteiger partial charge in [-0.2, -0.15) is 0 Å². The van der Waals surface area contributed by atoms with Crippen LogP contribution in [0.25, 0.3) is 0 Å². The fourth-order valence-electron chi connectivity index (χ4n) is 3.78. The topological polar surface area (TPSA) is 18.5 Å². The molecule has 0 aliphatic heterocycles. The largest absolute Gasteiger partial charge is 0.497 e. The summed E-state index contributed by atoms with van der Waals surface area (Å²) in [5, 5.41) is 0. The van der Waals surface area contributed by atoms with Crippen LogP contribution < -0.4 is 9.47 Å². The maximum atomic E-state index is 5.30. The summed E-state index contributed by atoms with van der Waals surface area (Å²) in [6.45, 7) is 6.94. The number of hydrogen-bond donors (Lipinski definition) is 0. The lowest BCUT2D eigenvalue weighted by atomic mass is 9.73. The number of rotatable bonds is 8. The Hall–Kier alpha value is -1.96. The van der Waals surface area contributed by atoms with E-state index in [1.54, 1.807) is 14.2 Å². The van der Waals surface area contributed by atoms with Crippen molar-refractivity contribution in [3.8, 4) is 11.5 Å². The zero-order chi connectivity index (χ0) is 17.5. The number of ether oxygens (including phenoxy) is 2. The van der Waals surface area contributed by atoms with Crippen molar-refractivity contribution in [3.63, 3.8) is 0 Å². The first-order valence-electron chi connectivity index (χ1n) is 8.92. The summed E-state index contributed by atoms with van der Waals surface area (Å²) < 4.78 is 10.6. The Labute approximate surface area is 146 Å². The van der Waals surface area contributed by atoms with Crippen LogP contribution in [0.4, 0.5) is 0 Å². The van der Waals surface area contributed by atoms with Crippen molar-refractivity contribution in [1.82, 2.24) is 0 Å². The molecule has 3 atom stereocenters. The van der Waals surface area contributed by atoms with Gasteiger partial charge in [-0.25, -0.2) is 0 Å². The Morgan fingerprint density at radius 3 is 1.54 bits per heavy atom. The van der Waals surface area contributed by atoms with E-state index >= 15 is 0 Å². The Bertz CT molecular complexity index is 601. The molecule has 130 valence electrons. The summed E-state index contributed by atoms with van der Waals surface area (Å²) in [7, 11) is 3.43. The van der Waals surface area contributed by atoms with Gasteiger partial charge in [-0.05, 0) is 59.6 Å². The molecule has 2 nitrogen and oxygen atoms in total. The van der Waals surface area contributed by atoms with Gasteiger partial charge in [-0.1, -0.05) is 51.5 Å². The molecule has 0 heterocycles. The summed E-state index contributed by atoms with van der Waals surface area (Å²) in [6, 6.07) is 17.1. The molecule has 0 saturated carbocycles. The maximum absolute atomic E-state index is 5.30. The molecule has 0 spiro atoms. The predicted octanol–water partition coefficient (Wildman–Crippen LogP) is 6.03. The van der Waals surface area contributed by atoms with Crippen LogP contribution in [0.5, 0.6) is 11.5 Å². The molecule has 2 rings (SSSR count). The molecule has 0 fully saturated rings. The molecule has 2 heteroatoms. The fraction of sp³-hybridized carbons (Fsp3) is 0.455. The first-order valence-corrected chi connectivity index (χ1v) is 8.92. The van der Waals surface area contributed by atoms with Crippen LogP contribution in [-0.4, -0.2) is 14.2 Å². The molecule has 0 unspecified atom stereocenters. The van der Waals surface area contributed by atoms with Crippen molar-refractivity contribution >= 4 is 0 Å². The Morgan fingerprint density at radius 1 is 0.708 bits per heavy atom. The summed E-state index contributed by atoms with van der Waals surface area (Å²) in [5.41, 5.74) is 2.79. The zero-order valence-electron chi connectivity index (χ0n) is 15.6. The predicted molar refractivity (Wildman–Crippen MR) is 101 cm³/mol. The second-order valence-electron chi connectivity index (χ2n) is 6.42.